The quantitative estimate of drug-likeness (QED) is 0.878. The van der Waals surface area contributed by atoms with Gasteiger partial charge in [-0.25, -0.2) is 0 Å². The van der Waals surface area contributed by atoms with Crippen molar-refractivity contribution in [3.8, 4) is 0 Å². The van der Waals surface area contributed by atoms with Crippen LogP contribution in [0.15, 0.2) is 48.5 Å². The van der Waals surface area contributed by atoms with Crippen LogP contribution in [0.5, 0.6) is 0 Å². The van der Waals surface area contributed by atoms with E-state index in [9.17, 15) is 4.79 Å². The number of benzene rings is 2. The summed E-state index contributed by atoms with van der Waals surface area (Å²) in [4.78, 5) is 12.1. The Kier molecular flexibility index (Phi) is 4.86. The highest BCUT2D eigenvalue weighted by molar-refractivity contribution is 5.92. The van der Waals surface area contributed by atoms with Gasteiger partial charge in [0.2, 0.25) is 5.91 Å². The van der Waals surface area contributed by atoms with E-state index in [1.165, 1.54) is 5.56 Å². The number of carbonyl (C=O) groups excluding carboxylic acids is 1. The molecule has 0 saturated carbocycles. The van der Waals surface area contributed by atoms with Crippen LogP contribution in [0.25, 0.3) is 0 Å². The number of amides is 1. The minimum absolute atomic E-state index is 0.00197. The van der Waals surface area contributed by atoms with Gasteiger partial charge in [0.1, 0.15) is 0 Å². The molecule has 0 radical (unpaired) electrons. The number of carbonyl (C=O) groups is 1. The normalized spacial score (nSPS) is 11.1. The Morgan fingerprint density at radius 2 is 1.64 bits per heavy atom. The van der Waals surface area contributed by atoms with Gasteiger partial charge in [-0.2, -0.15) is 0 Å². The Bertz CT molecular complexity index is 639. The fraction of sp³-hybridized carbons (Fsp3) is 0.316. The summed E-state index contributed by atoms with van der Waals surface area (Å²) in [7, 11) is 0. The SMILES string of the molecule is Cc1cccc(CC(=O)Nc2ccc(NC(C)(C)C)cc2)c1. The summed E-state index contributed by atoms with van der Waals surface area (Å²) in [5.41, 5.74) is 4.09. The second-order valence-electron chi connectivity index (χ2n) is 6.67. The van der Waals surface area contributed by atoms with Crippen molar-refractivity contribution in [3.63, 3.8) is 0 Å². The van der Waals surface area contributed by atoms with E-state index in [0.717, 1.165) is 16.9 Å². The van der Waals surface area contributed by atoms with Crippen LogP contribution in [-0.4, -0.2) is 11.4 Å². The number of rotatable bonds is 4. The predicted octanol–water partition coefficient (Wildman–Crippen LogP) is 4.39. The van der Waals surface area contributed by atoms with Gasteiger partial charge in [0.25, 0.3) is 0 Å². The van der Waals surface area contributed by atoms with Crippen molar-refractivity contribution in [2.75, 3.05) is 10.6 Å². The van der Waals surface area contributed by atoms with Crippen LogP contribution in [0, 0.1) is 6.92 Å². The number of anilines is 2. The first-order valence-electron chi connectivity index (χ1n) is 7.55. The molecule has 0 aliphatic rings. The van der Waals surface area contributed by atoms with E-state index in [2.05, 4.69) is 31.4 Å². The zero-order valence-electron chi connectivity index (χ0n) is 13.7. The van der Waals surface area contributed by atoms with Gasteiger partial charge in [-0.1, -0.05) is 29.8 Å². The van der Waals surface area contributed by atoms with Crippen molar-refractivity contribution < 1.29 is 4.79 Å². The van der Waals surface area contributed by atoms with Gasteiger partial charge in [0.05, 0.1) is 6.42 Å². The molecule has 0 spiro atoms. The van der Waals surface area contributed by atoms with Crippen molar-refractivity contribution in [1.82, 2.24) is 0 Å². The first kappa shape index (κ1) is 16.1. The van der Waals surface area contributed by atoms with Crippen LogP contribution in [-0.2, 0) is 11.2 Å². The highest BCUT2D eigenvalue weighted by Gasteiger charge is 2.09. The van der Waals surface area contributed by atoms with Gasteiger partial charge in [-0.05, 0) is 57.5 Å². The Labute approximate surface area is 132 Å². The molecule has 22 heavy (non-hydrogen) atoms. The Balaban J connectivity index is 1.94. The van der Waals surface area contributed by atoms with Crippen LogP contribution in [0.3, 0.4) is 0 Å². The Hall–Kier alpha value is -2.29. The highest BCUT2D eigenvalue weighted by Crippen LogP contribution is 2.18. The van der Waals surface area contributed by atoms with Crippen molar-refractivity contribution >= 4 is 17.3 Å². The maximum absolute atomic E-state index is 12.1. The Morgan fingerprint density at radius 1 is 1.00 bits per heavy atom. The summed E-state index contributed by atoms with van der Waals surface area (Å²) in [5.74, 6) is 0.00197. The average molecular weight is 296 g/mol. The Morgan fingerprint density at radius 3 is 2.23 bits per heavy atom. The molecule has 0 unspecified atom stereocenters. The first-order chi connectivity index (χ1) is 10.3. The van der Waals surface area contributed by atoms with E-state index in [0.29, 0.717) is 6.42 Å². The molecule has 0 fully saturated rings. The van der Waals surface area contributed by atoms with Crippen LogP contribution in [0.2, 0.25) is 0 Å². The van der Waals surface area contributed by atoms with Gasteiger partial charge in [0, 0.05) is 16.9 Å². The smallest absolute Gasteiger partial charge is 0.228 e. The van der Waals surface area contributed by atoms with Gasteiger partial charge >= 0.3 is 0 Å². The number of hydrogen-bond donors (Lipinski definition) is 2. The lowest BCUT2D eigenvalue weighted by Crippen LogP contribution is -2.25. The third kappa shape index (κ3) is 5.24. The highest BCUT2D eigenvalue weighted by atomic mass is 16.1. The zero-order chi connectivity index (χ0) is 16.2. The van der Waals surface area contributed by atoms with Gasteiger partial charge < -0.3 is 10.6 Å². The van der Waals surface area contributed by atoms with E-state index >= 15 is 0 Å². The minimum atomic E-state index is 0.00197. The molecular weight excluding hydrogens is 272 g/mol. The first-order valence-corrected chi connectivity index (χ1v) is 7.55. The van der Waals surface area contributed by atoms with E-state index in [1.54, 1.807) is 0 Å². The lowest BCUT2D eigenvalue weighted by atomic mass is 10.1. The largest absolute Gasteiger partial charge is 0.380 e. The third-order valence-electron chi connectivity index (χ3n) is 3.14. The van der Waals surface area contributed by atoms with Crippen LogP contribution in [0.4, 0.5) is 11.4 Å². The fourth-order valence-electron chi connectivity index (χ4n) is 2.28. The molecule has 0 atom stereocenters. The predicted molar refractivity (Wildman–Crippen MR) is 93.3 cm³/mol. The van der Waals surface area contributed by atoms with E-state index in [1.807, 2.05) is 55.5 Å². The van der Waals surface area contributed by atoms with E-state index in [-0.39, 0.29) is 11.4 Å². The van der Waals surface area contributed by atoms with Gasteiger partial charge in [-0.3, -0.25) is 4.79 Å². The van der Waals surface area contributed by atoms with E-state index in [4.69, 9.17) is 0 Å². The molecule has 116 valence electrons. The number of nitrogens with one attached hydrogen (secondary N) is 2. The maximum Gasteiger partial charge on any atom is 0.228 e. The molecule has 0 bridgehead atoms. The standard InChI is InChI=1S/C19H24N2O/c1-14-6-5-7-15(12-14)13-18(22)20-16-8-10-17(11-9-16)21-19(2,3)4/h5-12,21H,13H2,1-4H3,(H,20,22). The summed E-state index contributed by atoms with van der Waals surface area (Å²) in [5, 5.41) is 6.33. The molecule has 0 aliphatic carbocycles. The molecule has 2 rings (SSSR count). The summed E-state index contributed by atoms with van der Waals surface area (Å²) in [6.45, 7) is 8.38. The van der Waals surface area contributed by atoms with Crippen molar-refractivity contribution in [2.24, 2.45) is 0 Å². The summed E-state index contributed by atoms with van der Waals surface area (Å²) >= 11 is 0. The molecule has 0 aromatic heterocycles. The van der Waals surface area contributed by atoms with Gasteiger partial charge in [-0.15, -0.1) is 0 Å². The fourth-order valence-corrected chi connectivity index (χ4v) is 2.28. The third-order valence-corrected chi connectivity index (χ3v) is 3.14. The number of aryl methyl sites for hydroxylation is 1. The molecule has 2 aromatic rings. The molecule has 2 aromatic carbocycles. The molecule has 0 aliphatic heterocycles. The molecule has 1 amide bonds. The monoisotopic (exact) mass is 296 g/mol. The maximum atomic E-state index is 12.1. The van der Waals surface area contributed by atoms with Crippen LogP contribution < -0.4 is 10.6 Å². The zero-order valence-corrected chi connectivity index (χ0v) is 13.7. The average Bonchev–Trinajstić information content (AvgIpc) is 2.39. The molecule has 2 N–H and O–H groups in total. The topological polar surface area (TPSA) is 41.1 Å². The summed E-state index contributed by atoms with van der Waals surface area (Å²) in [6.07, 6.45) is 0.393. The molecule has 0 heterocycles. The molecule has 3 heteroatoms. The van der Waals surface area contributed by atoms with Gasteiger partial charge in [0.15, 0.2) is 0 Å². The number of hydrogen-bond acceptors (Lipinski definition) is 2. The lowest BCUT2D eigenvalue weighted by molar-refractivity contribution is -0.115. The summed E-state index contributed by atoms with van der Waals surface area (Å²) in [6, 6.07) is 15.8. The summed E-state index contributed by atoms with van der Waals surface area (Å²) < 4.78 is 0. The second kappa shape index (κ2) is 6.65. The molecule has 3 nitrogen and oxygen atoms in total. The molecule has 0 saturated heterocycles. The lowest BCUT2D eigenvalue weighted by Gasteiger charge is -2.22. The second-order valence-corrected chi connectivity index (χ2v) is 6.67. The van der Waals surface area contributed by atoms with Crippen LogP contribution in [0.1, 0.15) is 31.9 Å². The van der Waals surface area contributed by atoms with Crippen molar-refractivity contribution in [3.05, 3.63) is 59.7 Å². The van der Waals surface area contributed by atoms with Crippen molar-refractivity contribution in [2.45, 2.75) is 39.7 Å². The molecular formula is C19H24N2O. The van der Waals surface area contributed by atoms with E-state index < -0.39 is 0 Å². The minimum Gasteiger partial charge on any atom is -0.380 e. The van der Waals surface area contributed by atoms with Crippen molar-refractivity contribution in [1.29, 1.82) is 0 Å². The van der Waals surface area contributed by atoms with Crippen LogP contribution >= 0.6 is 0 Å².